The number of anilines is 1. The minimum Gasteiger partial charge on any atom is -0.489 e. The van der Waals surface area contributed by atoms with Crippen LogP contribution in [0.15, 0.2) is 60.0 Å². The van der Waals surface area contributed by atoms with E-state index in [4.69, 9.17) is 9.47 Å². The van der Waals surface area contributed by atoms with Crippen molar-refractivity contribution in [2.75, 3.05) is 5.32 Å². The van der Waals surface area contributed by atoms with Gasteiger partial charge in [-0.05, 0) is 68.1 Å². The summed E-state index contributed by atoms with van der Waals surface area (Å²) in [4.78, 5) is 24.5. The fourth-order valence-corrected chi connectivity index (χ4v) is 3.49. The molecular formula is C23H23NO4S. The summed E-state index contributed by atoms with van der Waals surface area (Å²) < 4.78 is 11.1. The summed E-state index contributed by atoms with van der Waals surface area (Å²) in [6, 6.07) is 16.8. The van der Waals surface area contributed by atoms with E-state index < -0.39 is 11.7 Å². The number of aldehydes is 1. The van der Waals surface area contributed by atoms with Crippen LogP contribution in [0.1, 0.15) is 36.7 Å². The fraction of sp³-hybridized carbons (Fsp3) is 0.217. The summed E-state index contributed by atoms with van der Waals surface area (Å²) in [6.45, 7) is 5.75. The molecule has 0 aliphatic carbocycles. The van der Waals surface area contributed by atoms with E-state index >= 15 is 0 Å². The zero-order valence-electron chi connectivity index (χ0n) is 16.6. The first-order valence-electron chi connectivity index (χ1n) is 9.19. The molecule has 1 heterocycles. The van der Waals surface area contributed by atoms with E-state index in [-0.39, 0.29) is 0 Å². The van der Waals surface area contributed by atoms with Crippen molar-refractivity contribution < 1.29 is 19.1 Å². The minimum absolute atomic E-state index is 0.306. The fourth-order valence-electron chi connectivity index (χ4n) is 2.71. The number of hydrogen-bond acceptors (Lipinski definition) is 5. The van der Waals surface area contributed by atoms with Crippen molar-refractivity contribution in [2.45, 2.75) is 33.0 Å². The van der Waals surface area contributed by atoms with Gasteiger partial charge in [0.2, 0.25) is 0 Å². The number of carbonyl (C=O) groups excluding carboxylic acids is 2. The molecule has 0 saturated heterocycles. The van der Waals surface area contributed by atoms with E-state index in [1.54, 1.807) is 23.5 Å². The summed E-state index contributed by atoms with van der Waals surface area (Å²) in [5, 5.41) is 4.70. The van der Waals surface area contributed by atoms with E-state index in [0.717, 1.165) is 22.3 Å². The highest BCUT2D eigenvalue weighted by atomic mass is 32.1. The molecule has 0 bridgehead atoms. The third-order valence-electron chi connectivity index (χ3n) is 3.91. The molecule has 3 rings (SSSR count). The van der Waals surface area contributed by atoms with Gasteiger partial charge in [-0.15, -0.1) is 11.3 Å². The molecule has 1 aromatic heterocycles. The first kappa shape index (κ1) is 20.6. The first-order valence-corrected chi connectivity index (χ1v) is 10.1. The van der Waals surface area contributed by atoms with Crippen LogP contribution in [0.5, 0.6) is 5.75 Å². The van der Waals surface area contributed by atoms with Crippen molar-refractivity contribution in [3.8, 4) is 16.2 Å². The predicted octanol–water partition coefficient (Wildman–Crippen LogP) is 6.15. The van der Waals surface area contributed by atoms with E-state index in [1.165, 1.54) is 0 Å². The van der Waals surface area contributed by atoms with E-state index in [9.17, 15) is 9.59 Å². The van der Waals surface area contributed by atoms with Gasteiger partial charge in [-0.25, -0.2) is 4.79 Å². The lowest BCUT2D eigenvalue weighted by atomic mass is 10.1. The number of carbonyl (C=O) groups is 2. The van der Waals surface area contributed by atoms with Crippen LogP contribution < -0.4 is 10.1 Å². The van der Waals surface area contributed by atoms with Crippen molar-refractivity contribution in [1.82, 2.24) is 0 Å². The van der Waals surface area contributed by atoms with Crippen LogP contribution in [-0.4, -0.2) is 18.0 Å². The molecule has 0 spiro atoms. The number of thiophene rings is 1. The van der Waals surface area contributed by atoms with Gasteiger partial charge in [0.25, 0.3) is 0 Å². The lowest BCUT2D eigenvalue weighted by Gasteiger charge is -2.19. The SMILES string of the molecule is CC(C)(C)OC(=O)Nc1cccc(COc2ccc(-c3cccs3)c(C=O)c2)c1. The number of benzene rings is 2. The minimum atomic E-state index is -0.559. The summed E-state index contributed by atoms with van der Waals surface area (Å²) in [5.41, 5.74) is 2.43. The van der Waals surface area contributed by atoms with Crippen molar-refractivity contribution in [2.24, 2.45) is 0 Å². The number of rotatable bonds is 6. The van der Waals surface area contributed by atoms with Crippen molar-refractivity contribution in [3.05, 3.63) is 71.1 Å². The van der Waals surface area contributed by atoms with Crippen LogP contribution in [0.25, 0.3) is 10.4 Å². The highest BCUT2D eigenvalue weighted by molar-refractivity contribution is 7.13. The van der Waals surface area contributed by atoms with Gasteiger partial charge in [0.05, 0.1) is 0 Å². The second-order valence-corrected chi connectivity index (χ2v) is 8.41. The Kier molecular flexibility index (Phi) is 6.34. The summed E-state index contributed by atoms with van der Waals surface area (Å²) in [6.07, 6.45) is 0.336. The van der Waals surface area contributed by atoms with Gasteiger partial charge in [0, 0.05) is 21.7 Å². The Labute approximate surface area is 174 Å². The zero-order chi connectivity index (χ0) is 20.9. The normalized spacial score (nSPS) is 11.0. The van der Waals surface area contributed by atoms with Crippen LogP contribution in [0.3, 0.4) is 0 Å². The van der Waals surface area contributed by atoms with Gasteiger partial charge in [-0.1, -0.05) is 18.2 Å². The summed E-state index contributed by atoms with van der Waals surface area (Å²) in [5.74, 6) is 0.609. The van der Waals surface area contributed by atoms with E-state index in [0.29, 0.717) is 23.6 Å². The standard InChI is InChI=1S/C23H23NO4S/c1-23(2,3)28-22(26)24-18-7-4-6-16(12-18)15-27-19-9-10-20(17(13-19)14-25)21-8-5-11-29-21/h4-14H,15H2,1-3H3,(H,24,26). The maximum Gasteiger partial charge on any atom is 0.412 e. The predicted molar refractivity (Wildman–Crippen MR) is 116 cm³/mol. The van der Waals surface area contributed by atoms with Crippen LogP contribution in [0.4, 0.5) is 10.5 Å². The molecule has 0 fully saturated rings. The molecule has 6 heteroatoms. The Morgan fingerprint density at radius 3 is 2.62 bits per heavy atom. The maximum atomic E-state index is 11.9. The topological polar surface area (TPSA) is 64.6 Å². The molecule has 1 N–H and O–H groups in total. The second-order valence-electron chi connectivity index (χ2n) is 7.46. The highest BCUT2D eigenvalue weighted by Crippen LogP contribution is 2.30. The van der Waals surface area contributed by atoms with Crippen LogP contribution in [-0.2, 0) is 11.3 Å². The number of nitrogens with one attached hydrogen (secondary N) is 1. The Hall–Kier alpha value is -3.12. The number of ether oxygens (including phenoxy) is 2. The molecule has 0 radical (unpaired) electrons. The monoisotopic (exact) mass is 409 g/mol. The largest absolute Gasteiger partial charge is 0.489 e. The molecule has 2 aromatic carbocycles. The zero-order valence-corrected chi connectivity index (χ0v) is 17.4. The average Bonchev–Trinajstić information content (AvgIpc) is 3.19. The Morgan fingerprint density at radius 1 is 1.10 bits per heavy atom. The Bertz CT molecular complexity index is 990. The lowest BCUT2D eigenvalue weighted by Crippen LogP contribution is -2.27. The van der Waals surface area contributed by atoms with Gasteiger partial charge in [0.1, 0.15) is 18.0 Å². The molecular weight excluding hydrogens is 386 g/mol. The molecule has 0 unspecified atom stereocenters. The molecule has 150 valence electrons. The van der Waals surface area contributed by atoms with Crippen LogP contribution >= 0.6 is 11.3 Å². The third kappa shape index (κ3) is 5.93. The number of amides is 1. The summed E-state index contributed by atoms with van der Waals surface area (Å²) in [7, 11) is 0. The number of hydrogen-bond donors (Lipinski definition) is 1. The van der Waals surface area contributed by atoms with E-state index in [1.807, 2.05) is 68.6 Å². The van der Waals surface area contributed by atoms with Gasteiger partial charge < -0.3 is 9.47 Å². The Balaban J connectivity index is 1.66. The smallest absolute Gasteiger partial charge is 0.412 e. The van der Waals surface area contributed by atoms with Gasteiger partial charge >= 0.3 is 6.09 Å². The van der Waals surface area contributed by atoms with Crippen molar-refractivity contribution in [1.29, 1.82) is 0 Å². The van der Waals surface area contributed by atoms with Crippen molar-refractivity contribution in [3.63, 3.8) is 0 Å². The molecule has 0 aliphatic heterocycles. The van der Waals surface area contributed by atoms with Crippen LogP contribution in [0.2, 0.25) is 0 Å². The second kappa shape index (κ2) is 8.92. The molecule has 5 nitrogen and oxygen atoms in total. The molecule has 0 aliphatic rings. The molecule has 0 atom stereocenters. The van der Waals surface area contributed by atoms with Gasteiger partial charge in [-0.2, -0.15) is 0 Å². The lowest BCUT2D eigenvalue weighted by molar-refractivity contribution is 0.0635. The maximum absolute atomic E-state index is 11.9. The van der Waals surface area contributed by atoms with Crippen molar-refractivity contribution >= 4 is 29.4 Å². The molecule has 0 saturated carbocycles. The average molecular weight is 410 g/mol. The molecule has 29 heavy (non-hydrogen) atoms. The highest BCUT2D eigenvalue weighted by Gasteiger charge is 2.16. The summed E-state index contributed by atoms with van der Waals surface area (Å²) >= 11 is 1.59. The molecule has 3 aromatic rings. The van der Waals surface area contributed by atoms with E-state index in [2.05, 4.69) is 5.32 Å². The van der Waals surface area contributed by atoms with Crippen LogP contribution in [0, 0.1) is 0 Å². The van der Waals surface area contributed by atoms with Gasteiger partial charge in [-0.3, -0.25) is 10.1 Å². The molecule has 1 amide bonds. The first-order chi connectivity index (χ1) is 13.8. The third-order valence-corrected chi connectivity index (χ3v) is 4.82. The Morgan fingerprint density at radius 2 is 1.93 bits per heavy atom. The quantitative estimate of drug-likeness (QED) is 0.496. The van der Waals surface area contributed by atoms with Gasteiger partial charge in [0.15, 0.2) is 6.29 Å².